The number of nitrogens with one attached hydrogen (secondary N) is 3. The molecule has 4 N–H and O–H groups in total. The predicted molar refractivity (Wildman–Crippen MR) is 121 cm³/mol. The standard InChI is InChI=1S/C24H24N4O4/c1-14-19(23(28-27-14)15-7-9-17(32-2)10-8-15)12-22(29)26-21(24(30)31)11-16-13-25-20-6-4-3-5-18(16)20/h3-10,13,21,25H,11-12H2,1-2H3,(H,26,29)(H,27,28)(H,30,31). The van der Waals surface area contributed by atoms with Crippen molar-refractivity contribution < 1.29 is 19.4 Å². The number of benzene rings is 2. The van der Waals surface area contributed by atoms with E-state index in [0.29, 0.717) is 5.69 Å². The Bertz CT molecular complexity index is 1260. The lowest BCUT2D eigenvalue weighted by atomic mass is 10.0. The Hall–Kier alpha value is -4.07. The molecule has 0 spiro atoms. The van der Waals surface area contributed by atoms with Crippen molar-refractivity contribution in [1.82, 2.24) is 20.5 Å². The number of para-hydroxylation sites is 1. The molecule has 4 aromatic rings. The fourth-order valence-electron chi connectivity index (χ4n) is 3.78. The number of methoxy groups -OCH3 is 1. The van der Waals surface area contributed by atoms with Crippen LogP contribution in [-0.2, 0) is 22.4 Å². The van der Waals surface area contributed by atoms with E-state index in [4.69, 9.17) is 4.74 Å². The van der Waals surface area contributed by atoms with Crippen LogP contribution in [0.5, 0.6) is 5.75 Å². The first-order chi connectivity index (χ1) is 15.5. The average molecular weight is 432 g/mol. The monoisotopic (exact) mass is 432 g/mol. The van der Waals surface area contributed by atoms with Gasteiger partial charge in [-0.25, -0.2) is 4.79 Å². The maximum Gasteiger partial charge on any atom is 0.326 e. The Labute approximate surface area is 184 Å². The van der Waals surface area contributed by atoms with Gasteiger partial charge in [-0.2, -0.15) is 5.10 Å². The minimum absolute atomic E-state index is 0.0152. The number of nitrogens with zero attached hydrogens (tertiary/aromatic N) is 1. The number of fused-ring (bicyclic) bond motifs is 1. The van der Waals surface area contributed by atoms with Gasteiger partial charge in [0, 0.05) is 40.3 Å². The number of amides is 1. The van der Waals surface area contributed by atoms with Gasteiger partial charge in [0.25, 0.3) is 0 Å². The van der Waals surface area contributed by atoms with E-state index in [1.54, 1.807) is 13.3 Å². The first-order valence-corrected chi connectivity index (χ1v) is 10.2. The number of ether oxygens (including phenoxy) is 1. The molecule has 0 bridgehead atoms. The number of aromatic amines is 2. The normalized spacial score (nSPS) is 11.9. The van der Waals surface area contributed by atoms with Gasteiger partial charge in [0.15, 0.2) is 0 Å². The number of aryl methyl sites for hydroxylation is 1. The SMILES string of the molecule is COc1ccc(-c2n[nH]c(C)c2CC(=O)NC(Cc2c[nH]c3ccccc23)C(=O)O)cc1. The number of carboxylic acids is 1. The minimum atomic E-state index is -1.08. The summed E-state index contributed by atoms with van der Waals surface area (Å²) in [5.74, 6) is -0.735. The Morgan fingerprint density at radius 2 is 1.91 bits per heavy atom. The second-order valence-electron chi connectivity index (χ2n) is 7.60. The van der Waals surface area contributed by atoms with E-state index >= 15 is 0 Å². The van der Waals surface area contributed by atoms with Gasteiger partial charge in [0.1, 0.15) is 11.8 Å². The van der Waals surface area contributed by atoms with E-state index in [-0.39, 0.29) is 18.7 Å². The molecule has 2 aromatic heterocycles. The third-order valence-corrected chi connectivity index (χ3v) is 5.51. The van der Waals surface area contributed by atoms with Crippen LogP contribution in [0, 0.1) is 6.92 Å². The van der Waals surface area contributed by atoms with Crippen LogP contribution in [-0.4, -0.2) is 45.3 Å². The number of carboxylic acid groups (broad SMARTS) is 1. The molecule has 8 nitrogen and oxygen atoms in total. The lowest BCUT2D eigenvalue weighted by molar-refractivity contribution is -0.141. The minimum Gasteiger partial charge on any atom is -0.497 e. The molecule has 164 valence electrons. The first kappa shape index (κ1) is 21.2. The highest BCUT2D eigenvalue weighted by Crippen LogP contribution is 2.26. The lowest BCUT2D eigenvalue weighted by Crippen LogP contribution is -2.43. The second-order valence-corrected chi connectivity index (χ2v) is 7.60. The van der Waals surface area contributed by atoms with Gasteiger partial charge in [0.2, 0.25) is 5.91 Å². The van der Waals surface area contributed by atoms with Gasteiger partial charge in [-0.3, -0.25) is 9.89 Å². The molecule has 8 heteroatoms. The molecular formula is C24H24N4O4. The Morgan fingerprint density at radius 1 is 1.16 bits per heavy atom. The zero-order valence-electron chi connectivity index (χ0n) is 17.8. The van der Waals surface area contributed by atoms with E-state index in [2.05, 4.69) is 20.5 Å². The van der Waals surface area contributed by atoms with Gasteiger partial charge in [-0.15, -0.1) is 0 Å². The van der Waals surface area contributed by atoms with Gasteiger partial charge in [-0.1, -0.05) is 18.2 Å². The van der Waals surface area contributed by atoms with Crippen LogP contribution in [0.25, 0.3) is 22.2 Å². The average Bonchev–Trinajstić information content (AvgIpc) is 3.37. The third-order valence-electron chi connectivity index (χ3n) is 5.51. The molecule has 0 saturated heterocycles. The Kier molecular flexibility index (Phi) is 5.93. The fourth-order valence-corrected chi connectivity index (χ4v) is 3.78. The summed E-state index contributed by atoms with van der Waals surface area (Å²) in [6.45, 7) is 1.84. The van der Waals surface area contributed by atoms with Crippen molar-refractivity contribution in [1.29, 1.82) is 0 Å². The summed E-state index contributed by atoms with van der Waals surface area (Å²) in [6, 6.07) is 14.0. The Balaban J connectivity index is 1.50. The van der Waals surface area contributed by atoms with Gasteiger partial charge in [-0.05, 0) is 42.8 Å². The van der Waals surface area contributed by atoms with Crippen molar-refractivity contribution >= 4 is 22.8 Å². The van der Waals surface area contributed by atoms with E-state index in [1.807, 2.05) is 55.5 Å². The van der Waals surface area contributed by atoms with E-state index < -0.39 is 12.0 Å². The van der Waals surface area contributed by atoms with Crippen LogP contribution < -0.4 is 10.1 Å². The smallest absolute Gasteiger partial charge is 0.326 e. The van der Waals surface area contributed by atoms with Gasteiger partial charge < -0.3 is 20.1 Å². The molecule has 32 heavy (non-hydrogen) atoms. The number of carbonyl (C=O) groups is 2. The van der Waals surface area contributed by atoms with Crippen molar-refractivity contribution in [3.63, 3.8) is 0 Å². The molecule has 0 aliphatic rings. The summed E-state index contributed by atoms with van der Waals surface area (Å²) < 4.78 is 5.19. The van der Waals surface area contributed by atoms with Crippen molar-refractivity contribution in [2.75, 3.05) is 7.11 Å². The third kappa shape index (κ3) is 4.34. The van der Waals surface area contributed by atoms with E-state index in [1.165, 1.54) is 0 Å². The molecule has 0 aliphatic carbocycles. The van der Waals surface area contributed by atoms with Crippen LogP contribution in [0.4, 0.5) is 0 Å². The van der Waals surface area contributed by atoms with Crippen molar-refractivity contribution in [2.24, 2.45) is 0 Å². The van der Waals surface area contributed by atoms with Crippen LogP contribution in [0.2, 0.25) is 0 Å². The number of rotatable bonds is 8. The summed E-state index contributed by atoms with van der Waals surface area (Å²) in [7, 11) is 1.60. The highest BCUT2D eigenvalue weighted by atomic mass is 16.5. The Morgan fingerprint density at radius 3 is 2.62 bits per heavy atom. The van der Waals surface area contributed by atoms with Crippen LogP contribution in [0.3, 0.4) is 0 Å². The van der Waals surface area contributed by atoms with Crippen molar-refractivity contribution in [2.45, 2.75) is 25.8 Å². The molecule has 1 atom stereocenters. The molecule has 2 aromatic carbocycles. The summed E-state index contributed by atoms with van der Waals surface area (Å²) in [5, 5.41) is 20.6. The van der Waals surface area contributed by atoms with E-state index in [0.717, 1.165) is 39.0 Å². The van der Waals surface area contributed by atoms with Crippen LogP contribution >= 0.6 is 0 Å². The van der Waals surface area contributed by atoms with E-state index in [9.17, 15) is 14.7 Å². The summed E-state index contributed by atoms with van der Waals surface area (Å²) in [4.78, 5) is 27.8. The number of hydrogen-bond acceptors (Lipinski definition) is 4. The highest BCUT2D eigenvalue weighted by Gasteiger charge is 2.23. The van der Waals surface area contributed by atoms with Crippen molar-refractivity contribution in [3.8, 4) is 17.0 Å². The molecular weight excluding hydrogens is 408 g/mol. The van der Waals surface area contributed by atoms with Crippen LogP contribution in [0.15, 0.2) is 54.7 Å². The largest absolute Gasteiger partial charge is 0.497 e. The molecule has 1 amide bonds. The van der Waals surface area contributed by atoms with Gasteiger partial charge in [0.05, 0.1) is 19.2 Å². The number of hydrogen-bond donors (Lipinski definition) is 4. The summed E-state index contributed by atoms with van der Waals surface area (Å²) in [6.07, 6.45) is 1.98. The zero-order valence-corrected chi connectivity index (χ0v) is 17.8. The highest BCUT2D eigenvalue weighted by molar-refractivity contribution is 5.88. The maximum atomic E-state index is 12.8. The van der Waals surface area contributed by atoms with Crippen LogP contribution in [0.1, 0.15) is 16.8 Å². The number of aliphatic carboxylic acids is 1. The summed E-state index contributed by atoms with van der Waals surface area (Å²) >= 11 is 0. The molecule has 0 radical (unpaired) electrons. The van der Waals surface area contributed by atoms with Gasteiger partial charge >= 0.3 is 5.97 Å². The predicted octanol–water partition coefficient (Wildman–Crippen LogP) is 3.23. The summed E-state index contributed by atoms with van der Waals surface area (Å²) in [5.41, 5.74) is 4.75. The second kappa shape index (κ2) is 8.97. The maximum absolute atomic E-state index is 12.8. The zero-order chi connectivity index (χ0) is 22.7. The lowest BCUT2D eigenvalue weighted by Gasteiger charge is -2.15. The van der Waals surface area contributed by atoms with Crippen molar-refractivity contribution in [3.05, 3.63) is 71.5 Å². The number of H-pyrrole nitrogens is 2. The fraction of sp³-hybridized carbons (Fsp3) is 0.208. The molecule has 0 fully saturated rings. The molecule has 1 unspecified atom stereocenters. The topological polar surface area (TPSA) is 120 Å². The quantitative estimate of drug-likeness (QED) is 0.341. The number of aromatic nitrogens is 3. The first-order valence-electron chi connectivity index (χ1n) is 10.2. The molecule has 4 rings (SSSR count). The molecule has 2 heterocycles. The molecule has 0 aliphatic heterocycles. The molecule has 0 saturated carbocycles. The number of carbonyl (C=O) groups excluding carboxylic acids is 1.